The van der Waals surface area contributed by atoms with Crippen molar-refractivity contribution in [3.05, 3.63) is 35.9 Å². The van der Waals surface area contributed by atoms with Gasteiger partial charge >= 0.3 is 0 Å². The summed E-state index contributed by atoms with van der Waals surface area (Å²) in [4.78, 5) is 19.5. The van der Waals surface area contributed by atoms with Crippen LogP contribution in [0.3, 0.4) is 0 Å². The Morgan fingerprint density at radius 1 is 1.15 bits per heavy atom. The van der Waals surface area contributed by atoms with Crippen LogP contribution < -0.4 is 0 Å². The maximum atomic E-state index is 13.2. The van der Waals surface area contributed by atoms with Crippen LogP contribution in [-0.4, -0.2) is 38.7 Å². The first-order valence-electron chi connectivity index (χ1n) is 10.1. The van der Waals surface area contributed by atoms with Crippen molar-refractivity contribution in [2.24, 2.45) is 0 Å². The van der Waals surface area contributed by atoms with Gasteiger partial charge in [0.1, 0.15) is 18.2 Å². The quantitative estimate of drug-likeness (QED) is 0.690. The molecule has 0 bridgehead atoms. The highest BCUT2D eigenvalue weighted by Gasteiger charge is 2.26. The average Bonchev–Trinajstić information content (AvgIpc) is 3.32. The van der Waals surface area contributed by atoms with Crippen molar-refractivity contribution in [3.63, 3.8) is 0 Å². The molecule has 1 heterocycles. The van der Waals surface area contributed by atoms with E-state index >= 15 is 0 Å². The van der Waals surface area contributed by atoms with E-state index in [0.29, 0.717) is 11.7 Å². The molecule has 0 spiro atoms. The molecule has 1 aromatic heterocycles. The van der Waals surface area contributed by atoms with E-state index in [4.69, 9.17) is 4.98 Å². The van der Waals surface area contributed by atoms with Gasteiger partial charge in [0, 0.05) is 24.6 Å². The van der Waals surface area contributed by atoms with E-state index in [2.05, 4.69) is 18.9 Å². The van der Waals surface area contributed by atoms with Crippen LogP contribution in [0.25, 0.3) is 11.4 Å². The molecule has 1 amide bonds. The lowest BCUT2D eigenvalue weighted by atomic mass is 10.1. The fourth-order valence-corrected chi connectivity index (χ4v) is 3.81. The summed E-state index contributed by atoms with van der Waals surface area (Å²) in [6.45, 7) is 5.93. The number of carbonyl (C=O) groups is 1. The van der Waals surface area contributed by atoms with Crippen molar-refractivity contribution in [2.75, 3.05) is 13.1 Å². The molecule has 3 rings (SSSR count). The zero-order valence-corrected chi connectivity index (χ0v) is 16.3. The molecule has 0 unspecified atom stereocenters. The number of hydrogen-bond donors (Lipinski definition) is 0. The van der Waals surface area contributed by atoms with Crippen LogP contribution in [0.1, 0.15) is 64.1 Å². The van der Waals surface area contributed by atoms with Gasteiger partial charge in [0.2, 0.25) is 5.91 Å². The van der Waals surface area contributed by atoms with E-state index in [1.54, 1.807) is 16.8 Å². The van der Waals surface area contributed by atoms with Crippen LogP contribution in [-0.2, 0) is 11.3 Å². The number of hydrogen-bond acceptors (Lipinski definition) is 3. The summed E-state index contributed by atoms with van der Waals surface area (Å²) in [5.74, 6) is 1.63. The standard InChI is InChI=1S/C21H29FN4O/c1-3-13-25(14-4-2)19(27)15-26-21(17-7-5-6-8-17)23-20(24-26)16-9-11-18(22)12-10-16/h9-12,17H,3-8,13-15H2,1-2H3. The van der Waals surface area contributed by atoms with Crippen molar-refractivity contribution in [1.82, 2.24) is 19.7 Å². The number of halogens is 1. The molecule has 1 aliphatic rings. The minimum absolute atomic E-state index is 0.0912. The lowest BCUT2D eigenvalue weighted by Crippen LogP contribution is -2.35. The maximum absolute atomic E-state index is 13.2. The summed E-state index contributed by atoms with van der Waals surface area (Å²) in [6, 6.07) is 6.22. The zero-order chi connectivity index (χ0) is 19.2. The Morgan fingerprint density at radius 2 is 1.78 bits per heavy atom. The minimum Gasteiger partial charge on any atom is -0.341 e. The predicted octanol–water partition coefficient (Wildman–Crippen LogP) is 4.39. The lowest BCUT2D eigenvalue weighted by Gasteiger charge is -2.22. The largest absolute Gasteiger partial charge is 0.341 e. The van der Waals surface area contributed by atoms with Gasteiger partial charge in [-0.1, -0.05) is 26.7 Å². The highest BCUT2D eigenvalue weighted by Crippen LogP contribution is 2.34. The van der Waals surface area contributed by atoms with Gasteiger partial charge in [0.25, 0.3) is 0 Å². The number of carbonyl (C=O) groups excluding carboxylic acids is 1. The number of rotatable bonds is 8. The minimum atomic E-state index is -0.279. The SMILES string of the molecule is CCCN(CCC)C(=O)Cn1nc(-c2ccc(F)cc2)nc1C1CCCC1. The predicted molar refractivity (Wildman–Crippen MR) is 104 cm³/mol. The van der Waals surface area contributed by atoms with E-state index in [-0.39, 0.29) is 18.3 Å². The Morgan fingerprint density at radius 3 is 2.37 bits per heavy atom. The van der Waals surface area contributed by atoms with Gasteiger partial charge in [-0.2, -0.15) is 5.10 Å². The van der Waals surface area contributed by atoms with E-state index in [9.17, 15) is 9.18 Å². The van der Waals surface area contributed by atoms with Crippen LogP contribution in [0.4, 0.5) is 4.39 Å². The first-order valence-corrected chi connectivity index (χ1v) is 10.1. The molecule has 1 fully saturated rings. The van der Waals surface area contributed by atoms with Gasteiger partial charge in [0.05, 0.1) is 0 Å². The fraction of sp³-hybridized carbons (Fsp3) is 0.571. The first-order chi connectivity index (χ1) is 13.1. The van der Waals surface area contributed by atoms with E-state index in [0.717, 1.165) is 50.2 Å². The van der Waals surface area contributed by atoms with E-state index in [1.807, 2.05) is 4.90 Å². The van der Waals surface area contributed by atoms with Crippen LogP contribution >= 0.6 is 0 Å². The van der Waals surface area contributed by atoms with Crippen LogP contribution in [0.5, 0.6) is 0 Å². The van der Waals surface area contributed by atoms with Crippen molar-refractivity contribution in [3.8, 4) is 11.4 Å². The second-order valence-electron chi connectivity index (χ2n) is 7.32. The molecule has 0 N–H and O–H groups in total. The third kappa shape index (κ3) is 4.73. The monoisotopic (exact) mass is 372 g/mol. The molecule has 27 heavy (non-hydrogen) atoms. The summed E-state index contributed by atoms with van der Waals surface area (Å²) in [6.07, 6.45) is 6.44. The van der Waals surface area contributed by atoms with Crippen LogP contribution in [0, 0.1) is 5.82 Å². The second-order valence-corrected chi connectivity index (χ2v) is 7.32. The van der Waals surface area contributed by atoms with Gasteiger partial charge in [-0.25, -0.2) is 14.1 Å². The molecule has 0 atom stereocenters. The number of benzene rings is 1. The summed E-state index contributed by atoms with van der Waals surface area (Å²) in [5.41, 5.74) is 0.779. The number of nitrogens with zero attached hydrogens (tertiary/aromatic N) is 4. The molecule has 2 aromatic rings. The summed E-state index contributed by atoms with van der Waals surface area (Å²) < 4.78 is 15.0. The number of aromatic nitrogens is 3. The van der Waals surface area contributed by atoms with Gasteiger partial charge in [0.15, 0.2) is 5.82 Å². The van der Waals surface area contributed by atoms with Crippen molar-refractivity contribution in [2.45, 2.75) is 64.8 Å². The normalized spacial score (nSPS) is 14.6. The van der Waals surface area contributed by atoms with Crippen molar-refractivity contribution < 1.29 is 9.18 Å². The van der Waals surface area contributed by atoms with E-state index < -0.39 is 0 Å². The molecule has 146 valence electrons. The zero-order valence-electron chi connectivity index (χ0n) is 16.3. The van der Waals surface area contributed by atoms with Gasteiger partial charge in [-0.15, -0.1) is 0 Å². The molecular formula is C21H29FN4O. The highest BCUT2D eigenvalue weighted by atomic mass is 19.1. The van der Waals surface area contributed by atoms with Crippen LogP contribution in [0.2, 0.25) is 0 Å². The van der Waals surface area contributed by atoms with Gasteiger partial charge in [-0.05, 0) is 49.9 Å². The van der Waals surface area contributed by atoms with E-state index in [1.165, 1.54) is 25.0 Å². The summed E-state index contributed by atoms with van der Waals surface area (Å²) >= 11 is 0. The third-order valence-electron chi connectivity index (χ3n) is 5.15. The lowest BCUT2D eigenvalue weighted by molar-refractivity contribution is -0.132. The first kappa shape index (κ1) is 19.5. The molecule has 6 heteroatoms. The summed E-state index contributed by atoms with van der Waals surface area (Å²) in [7, 11) is 0. The molecule has 0 saturated heterocycles. The summed E-state index contributed by atoms with van der Waals surface area (Å²) in [5, 5.41) is 4.63. The number of amides is 1. The second kappa shape index (κ2) is 9.11. The topological polar surface area (TPSA) is 51.0 Å². The maximum Gasteiger partial charge on any atom is 0.244 e. The Kier molecular flexibility index (Phi) is 6.58. The molecule has 0 aliphatic heterocycles. The molecule has 1 aromatic carbocycles. The Hall–Kier alpha value is -2.24. The Bertz CT molecular complexity index is 744. The fourth-order valence-electron chi connectivity index (χ4n) is 3.81. The smallest absolute Gasteiger partial charge is 0.244 e. The molecular weight excluding hydrogens is 343 g/mol. The Balaban J connectivity index is 1.87. The van der Waals surface area contributed by atoms with Gasteiger partial charge in [-0.3, -0.25) is 4.79 Å². The average molecular weight is 372 g/mol. The molecule has 0 radical (unpaired) electrons. The highest BCUT2D eigenvalue weighted by molar-refractivity contribution is 5.76. The molecule has 5 nitrogen and oxygen atoms in total. The van der Waals surface area contributed by atoms with Crippen molar-refractivity contribution >= 4 is 5.91 Å². The van der Waals surface area contributed by atoms with Crippen LogP contribution in [0.15, 0.2) is 24.3 Å². The van der Waals surface area contributed by atoms with Gasteiger partial charge < -0.3 is 4.90 Å². The van der Waals surface area contributed by atoms with Crippen molar-refractivity contribution in [1.29, 1.82) is 0 Å². The Labute approximate surface area is 160 Å². The third-order valence-corrected chi connectivity index (χ3v) is 5.15. The molecule has 1 saturated carbocycles. The molecule has 1 aliphatic carbocycles.